The molecule has 0 aromatic carbocycles. The molecule has 1 aromatic rings. The van der Waals surface area contributed by atoms with Gasteiger partial charge in [-0.3, -0.25) is 0 Å². The van der Waals surface area contributed by atoms with E-state index in [1.165, 1.54) is 13.1 Å². The van der Waals surface area contributed by atoms with Crippen molar-refractivity contribution in [1.29, 1.82) is 0 Å². The summed E-state index contributed by atoms with van der Waals surface area (Å²) in [6.45, 7) is 4.63. The summed E-state index contributed by atoms with van der Waals surface area (Å²) in [5.74, 6) is 3.12. The highest BCUT2D eigenvalue weighted by atomic mass is 15.3. The normalized spacial score (nSPS) is 29.7. The molecule has 0 bridgehead atoms. The molecular weight excluding hydrogens is 202 g/mol. The molecule has 2 atom stereocenters. The van der Waals surface area contributed by atoms with Gasteiger partial charge in [0.05, 0.1) is 0 Å². The van der Waals surface area contributed by atoms with Crippen LogP contribution >= 0.6 is 0 Å². The fraction of sp³-hybridized carbons (Fsp3) is 0.636. The highest BCUT2D eigenvalue weighted by Gasteiger charge is 2.38. The summed E-state index contributed by atoms with van der Waals surface area (Å²) in [5, 5.41) is 0. The Balaban J connectivity index is 1.75. The fourth-order valence-electron chi connectivity index (χ4n) is 2.95. The van der Waals surface area contributed by atoms with Crippen molar-refractivity contribution in [2.45, 2.75) is 0 Å². The lowest BCUT2D eigenvalue weighted by Gasteiger charge is -2.20. The molecule has 2 N–H and O–H groups in total. The molecule has 5 heteroatoms. The van der Waals surface area contributed by atoms with Gasteiger partial charge >= 0.3 is 0 Å². The molecular formula is C11H17N5. The Hall–Kier alpha value is -1.36. The van der Waals surface area contributed by atoms with E-state index in [1.807, 2.05) is 6.07 Å². The van der Waals surface area contributed by atoms with Crippen LogP contribution in [0, 0.1) is 11.8 Å². The SMILES string of the molecule is CN1C[C@@H]2CN(c3cc(N)ncn3)C[C@H]2C1. The van der Waals surface area contributed by atoms with Gasteiger partial charge in [0.15, 0.2) is 0 Å². The van der Waals surface area contributed by atoms with Crippen LogP contribution in [0.1, 0.15) is 0 Å². The highest BCUT2D eigenvalue weighted by molar-refractivity contribution is 5.47. The molecule has 3 heterocycles. The van der Waals surface area contributed by atoms with Crippen LogP contribution in [0.2, 0.25) is 0 Å². The van der Waals surface area contributed by atoms with E-state index in [-0.39, 0.29) is 0 Å². The Labute approximate surface area is 95.3 Å². The average Bonchev–Trinajstić information content (AvgIpc) is 2.74. The molecule has 0 radical (unpaired) electrons. The lowest BCUT2D eigenvalue weighted by atomic mass is 10.0. The molecule has 2 saturated heterocycles. The first-order valence-corrected chi connectivity index (χ1v) is 5.73. The van der Waals surface area contributed by atoms with E-state index in [1.54, 1.807) is 6.33 Å². The minimum Gasteiger partial charge on any atom is -0.384 e. The van der Waals surface area contributed by atoms with Crippen LogP contribution < -0.4 is 10.6 Å². The molecule has 3 rings (SSSR count). The topological polar surface area (TPSA) is 58.3 Å². The van der Waals surface area contributed by atoms with Gasteiger partial charge in [-0.05, 0) is 18.9 Å². The summed E-state index contributed by atoms with van der Waals surface area (Å²) in [6.07, 6.45) is 1.55. The number of rotatable bonds is 1. The van der Waals surface area contributed by atoms with E-state index in [2.05, 4.69) is 26.8 Å². The van der Waals surface area contributed by atoms with E-state index < -0.39 is 0 Å². The molecule has 2 fully saturated rings. The molecule has 5 nitrogen and oxygen atoms in total. The van der Waals surface area contributed by atoms with Gasteiger partial charge in [0.2, 0.25) is 0 Å². The molecule has 0 unspecified atom stereocenters. The monoisotopic (exact) mass is 219 g/mol. The van der Waals surface area contributed by atoms with Crippen LogP contribution in [0.4, 0.5) is 11.6 Å². The lowest BCUT2D eigenvalue weighted by molar-refractivity contribution is 0.387. The number of hydrogen-bond donors (Lipinski definition) is 1. The number of nitrogen functional groups attached to an aromatic ring is 1. The fourth-order valence-corrected chi connectivity index (χ4v) is 2.95. The zero-order chi connectivity index (χ0) is 11.1. The Morgan fingerprint density at radius 2 is 1.88 bits per heavy atom. The molecule has 0 aliphatic carbocycles. The quantitative estimate of drug-likeness (QED) is 0.723. The molecule has 0 amide bonds. The van der Waals surface area contributed by atoms with Crippen molar-refractivity contribution in [2.75, 3.05) is 43.9 Å². The maximum atomic E-state index is 5.68. The van der Waals surface area contributed by atoms with Gasteiger partial charge < -0.3 is 15.5 Å². The zero-order valence-electron chi connectivity index (χ0n) is 9.50. The second-order valence-electron chi connectivity index (χ2n) is 4.95. The van der Waals surface area contributed by atoms with Crippen LogP contribution in [-0.4, -0.2) is 48.1 Å². The first-order valence-electron chi connectivity index (χ1n) is 5.73. The Morgan fingerprint density at radius 3 is 2.50 bits per heavy atom. The smallest absolute Gasteiger partial charge is 0.134 e. The van der Waals surface area contributed by atoms with Crippen molar-refractivity contribution < 1.29 is 0 Å². The largest absolute Gasteiger partial charge is 0.384 e. The maximum absolute atomic E-state index is 5.68. The summed E-state index contributed by atoms with van der Waals surface area (Å²) < 4.78 is 0. The van der Waals surface area contributed by atoms with Gasteiger partial charge in [-0.2, -0.15) is 0 Å². The molecule has 1 aromatic heterocycles. The van der Waals surface area contributed by atoms with Crippen molar-refractivity contribution in [2.24, 2.45) is 11.8 Å². The third-order valence-corrected chi connectivity index (χ3v) is 3.67. The van der Waals surface area contributed by atoms with Crippen molar-refractivity contribution in [3.8, 4) is 0 Å². The van der Waals surface area contributed by atoms with E-state index in [9.17, 15) is 0 Å². The van der Waals surface area contributed by atoms with Crippen molar-refractivity contribution in [1.82, 2.24) is 14.9 Å². The van der Waals surface area contributed by atoms with E-state index in [4.69, 9.17) is 5.73 Å². The van der Waals surface area contributed by atoms with Crippen molar-refractivity contribution >= 4 is 11.6 Å². The first-order chi connectivity index (χ1) is 7.72. The standard InChI is InChI=1S/C11H17N5/c1-15-3-8-5-16(6-9(8)4-15)11-2-10(12)13-7-14-11/h2,7-9H,3-6H2,1H3,(H2,12,13,14)/t8-,9-/m1/s1. The Bertz CT molecular complexity index is 380. The molecule has 0 saturated carbocycles. The number of hydrogen-bond acceptors (Lipinski definition) is 5. The number of nitrogens with zero attached hydrogens (tertiary/aromatic N) is 4. The third kappa shape index (κ3) is 1.61. The molecule has 0 spiro atoms. The number of likely N-dealkylation sites (tertiary alicyclic amines) is 1. The summed E-state index contributed by atoms with van der Waals surface area (Å²) in [5.41, 5.74) is 5.68. The van der Waals surface area contributed by atoms with E-state index in [0.717, 1.165) is 30.7 Å². The van der Waals surface area contributed by atoms with Crippen molar-refractivity contribution in [3.05, 3.63) is 12.4 Å². The van der Waals surface area contributed by atoms with Gasteiger partial charge in [0.1, 0.15) is 18.0 Å². The minimum absolute atomic E-state index is 0.555. The molecule has 2 aliphatic rings. The van der Waals surface area contributed by atoms with Crippen LogP contribution in [-0.2, 0) is 0 Å². The van der Waals surface area contributed by atoms with Crippen LogP contribution in [0.3, 0.4) is 0 Å². The predicted octanol–water partition coefficient (Wildman–Crippen LogP) is 0.0566. The highest BCUT2D eigenvalue weighted by Crippen LogP contribution is 2.32. The molecule has 16 heavy (non-hydrogen) atoms. The van der Waals surface area contributed by atoms with Crippen LogP contribution in [0.15, 0.2) is 12.4 Å². The number of aromatic nitrogens is 2. The van der Waals surface area contributed by atoms with Crippen molar-refractivity contribution in [3.63, 3.8) is 0 Å². The van der Waals surface area contributed by atoms with Gasteiger partial charge in [0, 0.05) is 32.2 Å². The number of fused-ring (bicyclic) bond motifs is 1. The summed E-state index contributed by atoms with van der Waals surface area (Å²) in [4.78, 5) is 13.0. The number of anilines is 2. The second-order valence-corrected chi connectivity index (χ2v) is 4.95. The van der Waals surface area contributed by atoms with E-state index in [0.29, 0.717) is 5.82 Å². The predicted molar refractivity (Wildman–Crippen MR) is 63.1 cm³/mol. The van der Waals surface area contributed by atoms with Gasteiger partial charge in [-0.15, -0.1) is 0 Å². The van der Waals surface area contributed by atoms with Gasteiger partial charge in [-0.25, -0.2) is 9.97 Å². The lowest BCUT2D eigenvalue weighted by Crippen LogP contribution is -2.27. The van der Waals surface area contributed by atoms with E-state index >= 15 is 0 Å². The minimum atomic E-state index is 0.555. The third-order valence-electron chi connectivity index (χ3n) is 3.67. The Morgan fingerprint density at radius 1 is 1.19 bits per heavy atom. The summed E-state index contributed by atoms with van der Waals surface area (Å²) in [7, 11) is 2.20. The maximum Gasteiger partial charge on any atom is 0.134 e. The average molecular weight is 219 g/mol. The number of nitrogens with two attached hydrogens (primary N) is 1. The molecule has 86 valence electrons. The van der Waals surface area contributed by atoms with Gasteiger partial charge in [0.25, 0.3) is 0 Å². The summed E-state index contributed by atoms with van der Waals surface area (Å²) in [6, 6.07) is 1.87. The Kier molecular flexibility index (Phi) is 2.21. The van der Waals surface area contributed by atoms with Crippen LogP contribution in [0.25, 0.3) is 0 Å². The van der Waals surface area contributed by atoms with Gasteiger partial charge in [-0.1, -0.05) is 0 Å². The first kappa shape index (κ1) is 9.84. The summed E-state index contributed by atoms with van der Waals surface area (Å²) >= 11 is 0. The van der Waals surface area contributed by atoms with Crippen LogP contribution in [0.5, 0.6) is 0 Å². The zero-order valence-corrected chi connectivity index (χ0v) is 9.50. The molecule has 2 aliphatic heterocycles. The second kappa shape index (κ2) is 3.59.